The first-order valence-corrected chi connectivity index (χ1v) is 7.39. The molecule has 1 aliphatic heterocycles. The van der Waals surface area contributed by atoms with Gasteiger partial charge in [0.25, 0.3) is 0 Å². The van der Waals surface area contributed by atoms with Crippen molar-refractivity contribution in [2.45, 2.75) is 38.6 Å². The quantitative estimate of drug-likeness (QED) is 0.916. The summed E-state index contributed by atoms with van der Waals surface area (Å²) in [6, 6.07) is 10.7. The molecule has 108 valence electrons. The maximum absolute atomic E-state index is 9.35. The highest BCUT2D eigenvalue weighted by molar-refractivity contribution is 5.37. The van der Waals surface area contributed by atoms with Crippen molar-refractivity contribution in [3.63, 3.8) is 0 Å². The predicted molar refractivity (Wildman–Crippen MR) is 80.2 cm³/mol. The Morgan fingerprint density at radius 1 is 1.30 bits per heavy atom. The fourth-order valence-corrected chi connectivity index (χ4v) is 2.90. The maximum Gasteiger partial charge on any atom is 0.0769 e. The number of rotatable bonds is 4. The maximum atomic E-state index is 9.35. The second kappa shape index (κ2) is 6.39. The molecule has 1 aliphatic rings. The molecule has 3 nitrogen and oxygen atoms in total. The lowest BCUT2D eigenvalue weighted by Gasteiger charge is -2.32. The van der Waals surface area contributed by atoms with Crippen molar-refractivity contribution < 1.29 is 5.11 Å². The smallest absolute Gasteiger partial charge is 0.0769 e. The predicted octanol–water partition coefficient (Wildman–Crippen LogP) is 2.69. The van der Waals surface area contributed by atoms with Gasteiger partial charge in [0.1, 0.15) is 0 Å². The Morgan fingerprint density at radius 3 is 2.55 bits per heavy atom. The van der Waals surface area contributed by atoms with E-state index in [1.54, 1.807) is 0 Å². The van der Waals surface area contributed by atoms with Crippen LogP contribution in [-0.2, 0) is 12.0 Å². The molecule has 0 atom stereocenters. The van der Waals surface area contributed by atoms with E-state index in [0.29, 0.717) is 12.5 Å². The number of nitrogens with zero attached hydrogens (tertiary/aromatic N) is 2. The molecular weight excluding hydrogens is 248 g/mol. The molecule has 0 aliphatic carbocycles. The number of nitriles is 1. The van der Waals surface area contributed by atoms with Crippen LogP contribution in [0.2, 0.25) is 0 Å². The van der Waals surface area contributed by atoms with Crippen molar-refractivity contribution >= 4 is 0 Å². The van der Waals surface area contributed by atoms with Crippen LogP contribution < -0.4 is 0 Å². The fraction of sp³-hybridized carbons (Fsp3) is 0.588. The van der Waals surface area contributed by atoms with Gasteiger partial charge in [-0.15, -0.1) is 0 Å². The van der Waals surface area contributed by atoms with Gasteiger partial charge in [0, 0.05) is 13.2 Å². The highest BCUT2D eigenvalue weighted by atomic mass is 16.3. The number of aliphatic hydroxyl groups excluding tert-OH is 1. The standard InChI is InChI=1S/C17H24N2O/c1-17(2,13-18)16-6-4-3-5-15(16)11-19-9-7-14(12-20)8-10-19/h3-6,14,20H,7-12H2,1-2H3. The molecule has 0 spiro atoms. The van der Waals surface area contributed by atoms with Crippen molar-refractivity contribution in [3.8, 4) is 6.07 Å². The van der Waals surface area contributed by atoms with Crippen LogP contribution in [0.1, 0.15) is 37.8 Å². The molecule has 1 fully saturated rings. The molecule has 0 aromatic heterocycles. The molecule has 0 saturated carbocycles. The zero-order valence-corrected chi connectivity index (χ0v) is 12.5. The first-order chi connectivity index (χ1) is 9.56. The average Bonchev–Trinajstić information content (AvgIpc) is 2.48. The summed E-state index contributed by atoms with van der Waals surface area (Å²) in [4.78, 5) is 2.43. The highest BCUT2D eigenvalue weighted by Gasteiger charge is 2.25. The van der Waals surface area contributed by atoms with Gasteiger partial charge in [0.15, 0.2) is 0 Å². The van der Waals surface area contributed by atoms with E-state index in [1.807, 2.05) is 26.0 Å². The third-order valence-corrected chi connectivity index (χ3v) is 4.33. The molecule has 20 heavy (non-hydrogen) atoms. The monoisotopic (exact) mass is 272 g/mol. The molecule has 1 aromatic rings. The van der Waals surface area contributed by atoms with Gasteiger partial charge < -0.3 is 5.11 Å². The van der Waals surface area contributed by atoms with E-state index < -0.39 is 5.41 Å². The van der Waals surface area contributed by atoms with E-state index in [0.717, 1.165) is 38.0 Å². The van der Waals surface area contributed by atoms with Gasteiger partial charge in [-0.2, -0.15) is 5.26 Å². The number of benzene rings is 1. The van der Waals surface area contributed by atoms with Crippen molar-refractivity contribution in [3.05, 3.63) is 35.4 Å². The molecule has 0 unspecified atom stereocenters. The lowest BCUT2D eigenvalue weighted by atomic mass is 9.83. The topological polar surface area (TPSA) is 47.3 Å². The molecular formula is C17H24N2O. The van der Waals surface area contributed by atoms with Gasteiger partial charge in [-0.1, -0.05) is 24.3 Å². The summed E-state index contributed by atoms with van der Waals surface area (Å²) in [7, 11) is 0. The van der Waals surface area contributed by atoms with E-state index in [2.05, 4.69) is 23.1 Å². The third-order valence-electron chi connectivity index (χ3n) is 4.33. The fourth-order valence-electron chi connectivity index (χ4n) is 2.90. The normalized spacial score (nSPS) is 17.9. The van der Waals surface area contributed by atoms with Gasteiger partial charge in [-0.05, 0) is 56.8 Å². The summed E-state index contributed by atoms with van der Waals surface area (Å²) in [5, 5.41) is 18.5. The molecule has 0 amide bonds. The van der Waals surface area contributed by atoms with Crippen LogP contribution >= 0.6 is 0 Å². The Kier molecular flexibility index (Phi) is 4.80. The van der Waals surface area contributed by atoms with Crippen LogP contribution in [0.15, 0.2) is 24.3 Å². The Bertz CT molecular complexity index is 482. The number of hydrogen-bond donors (Lipinski definition) is 1. The average molecular weight is 272 g/mol. The van der Waals surface area contributed by atoms with E-state index in [-0.39, 0.29) is 0 Å². The number of hydrogen-bond acceptors (Lipinski definition) is 3. The minimum absolute atomic E-state index is 0.311. The van der Waals surface area contributed by atoms with Gasteiger partial charge in [-0.3, -0.25) is 4.90 Å². The molecule has 0 radical (unpaired) electrons. The van der Waals surface area contributed by atoms with E-state index in [4.69, 9.17) is 0 Å². The molecule has 1 heterocycles. The van der Waals surface area contributed by atoms with E-state index in [9.17, 15) is 10.4 Å². The van der Waals surface area contributed by atoms with Gasteiger partial charge in [0.2, 0.25) is 0 Å². The van der Waals surface area contributed by atoms with Crippen molar-refractivity contribution in [2.75, 3.05) is 19.7 Å². The van der Waals surface area contributed by atoms with Crippen molar-refractivity contribution in [2.24, 2.45) is 5.92 Å². The summed E-state index contributed by atoms with van der Waals surface area (Å²) in [6.45, 7) is 7.23. The van der Waals surface area contributed by atoms with Crippen LogP contribution in [0.3, 0.4) is 0 Å². The molecule has 1 saturated heterocycles. The Morgan fingerprint density at radius 2 is 1.95 bits per heavy atom. The highest BCUT2D eigenvalue weighted by Crippen LogP contribution is 2.27. The number of piperidine rings is 1. The summed E-state index contributed by atoms with van der Waals surface area (Å²) < 4.78 is 0. The number of aliphatic hydroxyl groups is 1. The second-order valence-electron chi connectivity index (χ2n) is 6.30. The zero-order chi connectivity index (χ0) is 14.6. The lowest BCUT2D eigenvalue weighted by Crippen LogP contribution is -2.35. The van der Waals surface area contributed by atoms with Gasteiger partial charge >= 0.3 is 0 Å². The first-order valence-electron chi connectivity index (χ1n) is 7.39. The first kappa shape index (κ1) is 15.0. The van der Waals surface area contributed by atoms with Crippen LogP contribution in [0.4, 0.5) is 0 Å². The summed E-state index contributed by atoms with van der Waals surface area (Å²) in [5.74, 6) is 0.469. The SMILES string of the molecule is CC(C)(C#N)c1ccccc1CN1CCC(CO)CC1. The molecule has 1 aromatic carbocycles. The third kappa shape index (κ3) is 3.39. The molecule has 1 N–H and O–H groups in total. The van der Waals surface area contributed by atoms with Crippen LogP contribution in [-0.4, -0.2) is 29.7 Å². The van der Waals surface area contributed by atoms with Crippen LogP contribution in [0.25, 0.3) is 0 Å². The van der Waals surface area contributed by atoms with E-state index >= 15 is 0 Å². The Hall–Kier alpha value is -1.37. The van der Waals surface area contributed by atoms with Crippen molar-refractivity contribution in [1.82, 2.24) is 4.90 Å². The molecule has 0 bridgehead atoms. The lowest BCUT2D eigenvalue weighted by molar-refractivity contribution is 0.127. The Labute approximate surface area is 121 Å². The zero-order valence-electron chi connectivity index (χ0n) is 12.5. The molecule has 3 heteroatoms. The van der Waals surface area contributed by atoms with E-state index in [1.165, 1.54) is 5.56 Å². The summed E-state index contributed by atoms with van der Waals surface area (Å²) >= 11 is 0. The van der Waals surface area contributed by atoms with Crippen LogP contribution in [0.5, 0.6) is 0 Å². The number of likely N-dealkylation sites (tertiary alicyclic amines) is 1. The summed E-state index contributed by atoms with van der Waals surface area (Å²) in [5.41, 5.74) is 1.94. The Balaban J connectivity index is 2.09. The summed E-state index contributed by atoms with van der Waals surface area (Å²) in [6.07, 6.45) is 2.14. The van der Waals surface area contributed by atoms with Crippen molar-refractivity contribution in [1.29, 1.82) is 5.26 Å². The van der Waals surface area contributed by atoms with Crippen LogP contribution in [0, 0.1) is 17.2 Å². The van der Waals surface area contributed by atoms with Gasteiger partial charge in [-0.25, -0.2) is 0 Å². The second-order valence-corrected chi connectivity index (χ2v) is 6.30. The minimum Gasteiger partial charge on any atom is -0.396 e. The largest absolute Gasteiger partial charge is 0.396 e. The molecule has 2 rings (SSSR count). The van der Waals surface area contributed by atoms with Gasteiger partial charge in [0.05, 0.1) is 11.5 Å². The minimum atomic E-state index is -0.444.